The van der Waals surface area contributed by atoms with E-state index in [-0.39, 0.29) is 11.9 Å². The molecule has 2 heterocycles. The van der Waals surface area contributed by atoms with Crippen LogP contribution in [0.2, 0.25) is 0 Å². The predicted octanol–water partition coefficient (Wildman–Crippen LogP) is 2.60. The summed E-state index contributed by atoms with van der Waals surface area (Å²) >= 11 is 0. The van der Waals surface area contributed by atoms with Crippen LogP contribution in [0.4, 0.5) is 10.1 Å². The Kier molecular flexibility index (Phi) is 2.66. The van der Waals surface area contributed by atoms with Gasteiger partial charge in [-0.15, -0.1) is 0 Å². The monoisotopic (exact) mass is 248 g/mol. The maximum absolute atomic E-state index is 13.7. The highest BCUT2D eigenvalue weighted by Crippen LogP contribution is 2.36. The van der Waals surface area contributed by atoms with E-state index in [4.69, 9.17) is 9.26 Å². The van der Waals surface area contributed by atoms with Crippen molar-refractivity contribution in [3.8, 4) is 5.75 Å². The molecule has 94 valence electrons. The van der Waals surface area contributed by atoms with Crippen LogP contribution in [0.15, 0.2) is 35.1 Å². The summed E-state index contributed by atoms with van der Waals surface area (Å²) in [4.78, 5) is 2.05. The van der Waals surface area contributed by atoms with Crippen LogP contribution in [-0.4, -0.2) is 17.8 Å². The van der Waals surface area contributed by atoms with Gasteiger partial charge in [-0.2, -0.15) is 0 Å². The zero-order chi connectivity index (χ0) is 12.5. The SMILES string of the molecule is CC1CN(Cc2ccon2)c2cccc(F)c2O1. The molecule has 5 heteroatoms. The number of rotatable bonds is 2. The number of nitrogens with zero attached hydrogens (tertiary/aromatic N) is 2. The molecule has 0 fully saturated rings. The van der Waals surface area contributed by atoms with Crippen LogP contribution >= 0.6 is 0 Å². The smallest absolute Gasteiger partial charge is 0.178 e. The molecule has 1 aliphatic heterocycles. The van der Waals surface area contributed by atoms with Gasteiger partial charge >= 0.3 is 0 Å². The van der Waals surface area contributed by atoms with E-state index in [1.165, 1.54) is 12.3 Å². The maximum Gasteiger partial charge on any atom is 0.178 e. The first-order valence-corrected chi connectivity index (χ1v) is 5.83. The zero-order valence-electron chi connectivity index (χ0n) is 9.97. The summed E-state index contributed by atoms with van der Waals surface area (Å²) in [6.45, 7) is 3.20. The van der Waals surface area contributed by atoms with Crippen molar-refractivity contribution in [3.63, 3.8) is 0 Å². The number of hydrogen-bond acceptors (Lipinski definition) is 4. The van der Waals surface area contributed by atoms with Gasteiger partial charge in [0.05, 0.1) is 18.8 Å². The van der Waals surface area contributed by atoms with Crippen molar-refractivity contribution >= 4 is 5.69 Å². The number of halogens is 1. The Hall–Kier alpha value is -2.04. The molecule has 2 aromatic rings. The minimum Gasteiger partial charge on any atom is -0.484 e. The van der Waals surface area contributed by atoms with Crippen molar-refractivity contribution in [1.82, 2.24) is 5.16 Å². The Morgan fingerprint density at radius 2 is 2.33 bits per heavy atom. The Balaban J connectivity index is 1.94. The number of benzene rings is 1. The van der Waals surface area contributed by atoms with Crippen LogP contribution in [0.1, 0.15) is 12.6 Å². The molecular formula is C13H13FN2O2. The molecule has 0 bridgehead atoms. The Morgan fingerprint density at radius 1 is 1.44 bits per heavy atom. The molecule has 1 aromatic heterocycles. The van der Waals surface area contributed by atoms with Gasteiger partial charge in [-0.1, -0.05) is 11.2 Å². The molecule has 0 radical (unpaired) electrons. The zero-order valence-corrected chi connectivity index (χ0v) is 9.97. The molecule has 18 heavy (non-hydrogen) atoms. The summed E-state index contributed by atoms with van der Waals surface area (Å²) in [6.07, 6.45) is 1.48. The quantitative estimate of drug-likeness (QED) is 0.818. The van der Waals surface area contributed by atoms with E-state index in [0.717, 1.165) is 11.4 Å². The minimum atomic E-state index is -0.329. The molecule has 0 N–H and O–H groups in total. The Bertz CT molecular complexity index is 542. The first-order chi connectivity index (χ1) is 8.74. The lowest BCUT2D eigenvalue weighted by molar-refractivity contribution is 0.202. The number of hydrogen-bond donors (Lipinski definition) is 0. The van der Waals surface area contributed by atoms with Crippen molar-refractivity contribution in [2.45, 2.75) is 19.6 Å². The lowest BCUT2D eigenvalue weighted by Crippen LogP contribution is -2.38. The van der Waals surface area contributed by atoms with E-state index < -0.39 is 0 Å². The normalized spacial score (nSPS) is 18.3. The molecular weight excluding hydrogens is 235 g/mol. The molecule has 1 aromatic carbocycles. The first-order valence-electron chi connectivity index (χ1n) is 5.83. The van der Waals surface area contributed by atoms with E-state index in [1.807, 2.05) is 17.9 Å². The van der Waals surface area contributed by atoms with Crippen molar-refractivity contribution in [1.29, 1.82) is 0 Å². The second-order valence-electron chi connectivity index (χ2n) is 4.39. The van der Waals surface area contributed by atoms with E-state index in [2.05, 4.69) is 5.16 Å². The van der Waals surface area contributed by atoms with Gasteiger partial charge in [-0.05, 0) is 19.1 Å². The number of anilines is 1. The van der Waals surface area contributed by atoms with Gasteiger partial charge in [0, 0.05) is 6.07 Å². The largest absolute Gasteiger partial charge is 0.484 e. The summed E-state index contributed by atoms with van der Waals surface area (Å²) in [5.41, 5.74) is 1.58. The Labute approximate surface area is 104 Å². The molecule has 4 nitrogen and oxygen atoms in total. The van der Waals surface area contributed by atoms with Gasteiger partial charge in [0.2, 0.25) is 0 Å². The number of fused-ring (bicyclic) bond motifs is 1. The molecule has 1 unspecified atom stereocenters. The van der Waals surface area contributed by atoms with E-state index in [9.17, 15) is 4.39 Å². The van der Waals surface area contributed by atoms with Crippen LogP contribution in [0.3, 0.4) is 0 Å². The standard InChI is InChI=1S/C13H13FN2O2/c1-9-7-16(8-10-5-6-17-15-10)12-4-2-3-11(14)13(12)18-9/h2-6,9H,7-8H2,1H3. The summed E-state index contributed by atoms with van der Waals surface area (Å²) < 4.78 is 24.1. The maximum atomic E-state index is 13.7. The third-order valence-corrected chi connectivity index (χ3v) is 2.93. The van der Waals surface area contributed by atoms with Crippen molar-refractivity contribution in [2.24, 2.45) is 0 Å². The fourth-order valence-corrected chi connectivity index (χ4v) is 2.17. The topological polar surface area (TPSA) is 38.5 Å². The van der Waals surface area contributed by atoms with Gasteiger partial charge < -0.3 is 14.2 Å². The molecule has 1 atom stereocenters. The molecule has 0 amide bonds. The van der Waals surface area contributed by atoms with Crippen LogP contribution in [0.25, 0.3) is 0 Å². The minimum absolute atomic E-state index is 0.0544. The summed E-state index contributed by atoms with van der Waals surface area (Å²) in [6, 6.07) is 6.75. The Morgan fingerprint density at radius 3 is 3.11 bits per heavy atom. The van der Waals surface area contributed by atoms with Crippen LogP contribution in [0, 0.1) is 5.82 Å². The molecule has 1 aliphatic rings. The highest BCUT2D eigenvalue weighted by molar-refractivity contribution is 5.60. The van der Waals surface area contributed by atoms with E-state index in [1.54, 1.807) is 12.1 Å². The number of ether oxygens (including phenoxy) is 1. The second-order valence-corrected chi connectivity index (χ2v) is 4.39. The average molecular weight is 248 g/mol. The third kappa shape index (κ3) is 1.92. The second kappa shape index (κ2) is 4.33. The van der Waals surface area contributed by atoms with Crippen molar-refractivity contribution < 1.29 is 13.7 Å². The molecule has 0 aliphatic carbocycles. The highest BCUT2D eigenvalue weighted by atomic mass is 19.1. The third-order valence-electron chi connectivity index (χ3n) is 2.93. The summed E-state index contributed by atoms with van der Waals surface area (Å²) in [5.74, 6) is -0.0102. The van der Waals surface area contributed by atoms with Gasteiger partial charge in [0.25, 0.3) is 0 Å². The lowest BCUT2D eigenvalue weighted by atomic mass is 10.2. The van der Waals surface area contributed by atoms with Crippen molar-refractivity contribution in [3.05, 3.63) is 42.0 Å². The lowest BCUT2D eigenvalue weighted by Gasteiger charge is -2.34. The van der Waals surface area contributed by atoms with Crippen LogP contribution in [-0.2, 0) is 6.54 Å². The van der Waals surface area contributed by atoms with Gasteiger partial charge in [-0.25, -0.2) is 4.39 Å². The van der Waals surface area contributed by atoms with Gasteiger partial charge in [0.15, 0.2) is 11.6 Å². The van der Waals surface area contributed by atoms with Gasteiger partial charge in [-0.3, -0.25) is 0 Å². The summed E-state index contributed by atoms with van der Waals surface area (Å²) in [5, 5.41) is 3.88. The fourth-order valence-electron chi connectivity index (χ4n) is 2.17. The van der Waals surface area contributed by atoms with Crippen molar-refractivity contribution in [2.75, 3.05) is 11.4 Å². The highest BCUT2D eigenvalue weighted by Gasteiger charge is 2.25. The van der Waals surface area contributed by atoms with E-state index in [0.29, 0.717) is 18.8 Å². The first kappa shape index (κ1) is 11.1. The van der Waals surface area contributed by atoms with Crippen LogP contribution in [0.5, 0.6) is 5.75 Å². The molecule has 0 spiro atoms. The molecule has 0 saturated heterocycles. The number of para-hydroxylation sites is 1. The van der Waals surface area contributed by atoms with E-state index >= 15 is 0 Å². The molecule has 0 saturated carbocycles. The van der Waals surface area contributed by atoms with Crippen LogP contribution < -0.4 is 9.64 Å². The predicted molar refractivity (Wildman–Crippen MR) is 64.0 cm³/mol. The fraction of sp³-hybridized carbons (Fsp3) is 0.308. The average Bonchev–Trinajstić information content (AvgIpc) is 2.83. The molecule has 3 rings (SSSR count). The summed E-state index contributed by atoms with van der Waals surface area (Å²) in [7, 11) is 0. The number of aromatic nitrogens is 1. The van der Waals surface area contributed by atoms with Gasteiger partial charge in [0.1, 0.15) is 18.1 Å².